The Morgan fingerprint density at radius 3 is 2.25 bits per heavy atom. The fourth-order valence-electron chi connectivity index (χ4n) is 1.55. The molecule has 0 saturated heterocycles. The molecule has 0 heterocycles. The van der Waals surface area contributed by atoms with Crippen molar-refractivity contribution in [2.24, 2.45) is 0 Å². The lowest BCUT2D eigenvalue weighted by molar-refractivity contribution is 0.303. The number of ether oxygens (including phenoxy) is 1. The molecule has 0 aliphatic carbocycles. The van der Waals surface area contributed by atoms with Gasteiger partial charge in [-0.3, -0.25) is 0 Å². The maximum atomic E-state index is 13.7. The van der Waals surface area contributed by atoms with E-state index < -0.39 is 32.5 Å². The molecule has 1 rings (SSSR count). The van der Waals surface area contributed by atoms with Crippen molar-refractivity contribution >= 4 is 9.84 Å². The first-order valence-electron chi connectivity index (χ1n) is 6.24. The van der Waals surface area contributed by atoms with E-state index in [4.69, 9.17) is 4.74 Å². The summed E-state index contributed by atoms with van der Waals surface area (Å²) >= 11 is 0. The molecule has 0 amide bonds. The van der Waals surface area contributed by atoms with E-state index in [9.17, 15) is 17.2 Å². The summed E-state index contributed by atoms with van der Waals surface area (Å²) in [7, 11) is -1.63. The minimum atomic E-state index is -3.29. The molecule has 0 atom stereocenters. The second-order valence-electron chi connectivity index (χ2n) is 4.68. The maximum Gasteiger partial charge on any atom is 0.190 e. The maximum absolute atomic E-state index is 13.7. The van der Waals surface area contributed by atoms with Crippen LogP contribution in [0.2, 0.25) is 0 Å². The molecule has 0 radical (unpaired) electrons. The highest BCUT2D eigenvalue weighted by atomic mass is 32.2. The molecule has 7 heteroatoms. The summed E-state index contributed by atoms with van der Waals surface area (Å²) in [5.41, 5.74) is 0.449. The van der Waals surface area contributed by atoms with Crippen molar-refractivity contribution in [3.05, 3.63) is 29.3 Å². The summed E-state index contributed by atoms with van der Waals surface area (Å²) in [5.74, 6) is -2.49. The number of halogens is 2. The second-order valence-corrected chi connectivity index (χ2v) is 7.36. The molecule has 1 aromatic carbocycles. The number of rotatable bonds is 7. The van der Waals surface area contributed by atoms with E-state index in [1.54, 1.807) is 20.9 Å². The van der Waals surface area contributed by atoms with Crippen molar-refractivity contribution in [2.75, 3.05) is 19.4 Å². The van der Waals surface area contributed by atoms with Crippen molar-refractivity contribution in [3.63, 3.8) is 0 Å². The Kier molecular flexibility index (Phi) is 5.88. The lowest BCUT2D eigenvalue weighted by atomic mass is 10.2. The van der Waals surface area contributed by atoms with Gasteiger partial charge in [-0.15, -0.1) is 0 Å². The average molecular weight is 307 g/mol. The number of sulfone groups is 1. The summed E-state index contributed by atoms with van der Waals surface area (Å²) in [5, 5.41) is 2.24. The van der Waals surface area contributed by atoms with Gasteiger partial charge >= 0.3 is 0 Å². The molecular weight excluding hydrogens is 288 g/mol. The summed E-state index contributed by atoms with van der Waals surface area (Å²) in [4.78, 5) is 0. The number of nitrogens with one attached hydrogen (secondary N) is 1. The van der Waals surface area contributed by atoms with Crippen molar-refractivity contribution < 1.29 is 21.9 Å². The van der Waals surface area contributed by atoms with Crippen LogP contribution in [0.1, 0.15) is 19.4 Å². The highest BCUT2D eigenvalue weighted by molar-refractivity contribution is 7.91. The molecule has 0 aromatic heterocycles. The minimum Gasteiger partial charge on any atom is -0.487 e. The number of hydrogen-bond donors (Lipinski definition) is 1. The molecule has 0 bridgehead atoms. The molecule has 0 aliphatic rings. The third-order valence-electron chi connectivity index (χ3n) is 2.77. The van der Waals surface area contributed by atoms with Gasteiger partial charge in [-0.25, -0.2) is 17.2 Å². The lowest BCUT2D eigenvalue weighted by Crippen LogP contribution is -2.22. The zero-order chi connectivity index (χ0) is 15.3. The Labute approximate surface area is 118 Å². The fraction of sp³-hybridized carbons (Fsp3) is 0.538. The first-order valence-corrected chi connectivity index (χ1v) is 7.96. The van der Waals surface area contributed by atoms with Crippen LogP contribution in [0.4, 0.5) is 8.78 Å². The zero-order valence-corrected chi connectivity index (χ0v) is 12.6. The van der Waals surface area contributed by atoms with Gasteiger partial charge in [0.25, 0.3) is 0 Å². The molecular formula is C13H19F2NO3S. The standard InChI is InChI=1S/C13H19F2NO3S/c1-9(2)20(17,18)5-4-19-13-11(14)6-10(8-16-3)7-12(13)15/h6-7,9,16H,4-5,8H2,1-3H3. The molecule has 114 valence electrons. The minimum absolute atomic E-state index is 0.276. The molecule has 0 fully saturated rings. The van der Waals surface area contributed by atoms with Crippen LogP contribution >= 0.6 is 0 Å². The topological polar surface area (TPSA) is 55.4 Å². The van der Waals surface area contributed by atoms with Crippen molar-refractivity contribution in [3.8, 4) is 5.75 Å². The van der Waals surface area contributed by atoms with Crippen molar-refractivity contribution in [2.45, 2.75) is 25.6 Å². The summed E-state index contributed by atoms with van der Waals surface area (Å²) in [6.45, 7) is 3.14. The third kappa shape index (κ3) is 4.42. The van der Waals surface area contributed by atoms with Gasteiger partial charge in [0.15, 0.2) is 27.2 Å². The van der Waals surface area contributed by atoms with Gasteiger partial charge in [-0.05, 0) is 38.6 Å². The predicted octanol–water partition coefficient (Wildman–Crippen LogP) is 1.89. The van der Waals surface area contributed by atoms with E-state index in [0.29, 0.717) is 12.1 Å². The zero-order valence-electron chi connectivity index (χ0n) is 11.7. The van der Waals surface area contributed by atoms with Crippen molar-refractivity contribution in [1.29, 1.82) is 0 Å². The molecule has 0 unspecified atom stereocenters. The Morgan fingerprint density at radius 1 is 1.25 bits per heavy atom. The van der Waals surface area contributed by atoms with Crippen LogP contribution in [0.15, 0.2) is 12.1 Å². The van der Waals surface area contributed by atoms with Gasteiger partial charge in [0, 0.05) is 6.54 Å². The van der Waals surface area contributed by atoms with Crippen LogP contribution in [-0.4, -0.2) is 33.1 Å². The SMILES string of the molecule is CNCc1cc(F)c(OCCS(=O)(=O)C(C)C)c(F)c1. The van der Waals surface area contributed by atoms with E-state index in [1.807, 2.05) is 0 Å². The molecule has 0 spiro atoms. The summed E-state index contributed by atoms with van der Waals surface area (Å²) in [6.07, 6.45) is 0. The van der Waals surface area contributed by atoms with Crippen LogP contribution in [-0.2, 0) is 16.4 Å². The van der Waals surface area contributed by atoms with Crippen molar-refractivity contribution in [1.82, 2.24) is 5.32 Å². The fourth-order valence-corrected chi connectivity index (χ4v) is 2.34. The highest BCUT2D eigenvalue weighted by Gasteiger charge is 2.18. The van der Waals surface area contributed by atoms with E-state index in [1.165, 1.54) is 0 Å². The summed E-state index contributed by atoms with van der Waals surface area (Å²) in [6, 6.07) is 2.32. The van der Waals surface area contributed by atoms with Crippen LogP contribution < -0.4 is 10.1 Å². The van der Waals surface area contributed by atoms with E-state index in [2.05, 4.69) is 5.32 Å². The second kappa shape index (κ2) is 6.99. The van der Waals surface area contributed by atoms with Crippen LogP contribution in [0, 0.1) is 11.6 Å². The smallest absolute Gasteiger partial charge is 0.190 e. The van der Waals surface area contributed by atoms with Crippen LogP contribution in [0.3, 0.4) is 0 Å². The first kappa shape index (κ1) is 16.8. The predicted molar refractivity (Wildman–Crippen MR) is 73.5 cm³/mol. The molecule has 1 N–H and O–H groups in total. The number of benzene rings is 1. The quantitative estimate of drug-likeness (QED) is 0.836. The van der Waals surface area contributed by atoms with Gasteiger partial charge in [0.05, 0.1) is 11.0 Å². The van der Waals surface area contributed by atoms with Crippen LogP contribution in [0.25, 0.3) is 0 Å². The lowest BCUT2D eigenvalue weighted by Gasteiger charge is -2.11. The Bertz CT molecular complexity index is 536. The number of hydrogen-bond acceptors (Lipinski definition) is 4. The van der Waals surface area contributed by atoms with Gasteiger partial charge in [0.2, 0.25) is 0 Å². The van der Waals surface area contributed by atoms with Gasteiger partial charge in [-0.2, -0.15) is 0 Å². The highest BCUT2D eigenvalue weighted by Crippen LogP contribution is 2.23. The Balaban J connectivity index is 2.74. The summed E-state index contributed by atoms with van der Waals surface area (Å²) < 4.78 is 55.4. The molecule has 0 aliphatic heterocycles. The molecule has 20 heavy (non-hydrogen) atoms. The first-order chi connectivity index (χ1) is 9.27. The molecule has 4 nitrogen and oxygen atoms in total. The average Bonchev–Trinajstić information content (AvgIpc) is 2.32. The normalized spacial score (nSPS) is 11.9. The van der Waals surface area contributed by atoms with Gasteiger partial charge < -0.3 is 10.1 Å². The van der Waals surface area contributed by atoms with E-state index >= 15 is 0 Å². The van der Waals surface area contributed by atoms with Crippen LogP contribution in [0.5, 0.6) is 5.75 Å². The van der Waals surface area contributed by atoms with Gasteiger partial charge in [-0.1, -0.05) is 0 Å². The largest absolute Gasteiger partial charge is 0.487 e. The third-order valence-corrected chi connectivity index (χ3v) is 4.94. The Morgan fingerprint density at radius 2 is 1.80 bits per heavy atom. The Hall–Kier alpha value is -1.21. The molecule has 0 saturated carbocycles. The molecule has 1 aromatic rings. The van der Waals surface area contributed by atoms with Gasteiger partial charge in [0.1, 0.15) is 6.61 Å². The van der Waals surface area contributed by atoms with E-state index in [0.717, 1.165) is 12.1 Å². The monoisotopic (exact) mass is 307 g/mol. The van der Waals surface area contributed by atoms with E-state index in [-0.39, 0.29) is 12.4 Å².